The number of amides is 2. The van der Waals surface area contributed by atoms with Crippen molar-refractivity contribution in [2.75, 3.05) is 27.2 Å². The number of anilines is 3. The van der Waals surface area contributed by atoms with Gasteiger partial charge in [-0.2, -0.15) is 0 Å². The second-order valence-corrected chi connectivity index (χ2v) is 8.34. The lowest BCUT2D eigenvalue weighted by Crippen LogP contribution is -2.32. The van der Waals surface area contributed by atoms with Gasteiger partial charge in [-0.25, -0.2) is 8.42 Å². The molecule has 1 heterocycles. The maximum absolute atomic E-state index is 12.6. The molecule has 0 aromatic heterocycles. The molecule has 0 radical (unpaired) electrons. The van der Waals surface area contributed by atoms with Crippen molar-refractivity contribution in [1.82, 2.24) is 0 Å². The molecule has 2 amide bonds. The molecule has 142 valence electrons. The maximum Gasteiger partial charge on any atom is 0.235 e. The Bertz CT molecular complexity index is 955. The number of fused-ring (bicyclic) bond motifs is 1. The Morgan fingerprint density at radius 1 is 1.00 bits per heavy atom. The van der Waals surface area contributed by atoms with Crippen LogP contribution in [0.1, 0.15) is 18.9 Å². The van der Waals surface area contributed by atoms with Gasteiger partial charge < -0.3 is 10.6 Å². The van der Waals surface area contributed by atoms with E-state index in [1.54, 1.807) is 30.3 Å². The molecular formula is C19H21N3O4S. The summed E-state index contributed by atoms with van der Waals surface area (Å²) in [6.45, 7) is 1.82. The topological polar surface area (TPSA) is 95.6 Å². The van der Waals surface area contributed by atoms with Crippen LogP contribution in [0.2, 0.25) is 0 Å². The molecule has 2 aromatic rings. The van der Waals surface area contributed by atoms with Crippen molar-refractivity contribution < 1.29 is 18.0 Å². The molecule has 27 heavy (non-hydrogen) atoms. The molecule has 2 N–H and O–H groups in total. The average Bonchev–Trinajstić information content (AvgIpc) is 3.06. The number of benzene rings is 2. The summed E-state index contributed by atoms with van der Waals surface area (Å²) in [6, 6.07) is 14.0. The van der Waals surface area contributed by atoms with E-state index in [4.69, 9.17) is 0 Å². The van der Waals surface area contributed by atoms with Crippen LogP contribution in [0.25, 0.3) is 0 Å². The standard InChI is InChI=1S/C19H21N3O4S/c1-14(23)20-16-6-8-17(9-7-16)21-19(24)11-13-27(25,26)22-12-10-15-4-2-3-5-18(15)22/h2-9H,10-13H2,1H3,(H,20,23)(H,21,24). The summed E-state index contributed by atoms with van der Waals surface area (Å²) in [4.78, 5) is 23.1. The molecule has 0 fully saturated rings. The van der Waals surface area contributed by atoms with Crippen molar-refractivity contribution in [3.8, 4) is 0 Å². The van der Waals surface area contributed by atoms with E-state index in [0.29, 0.717) is 30.0 Å². The molecule has 0 saturated heterocycles. The summed E-state index contributed by atoms with van der Waals surface area (Å²) < 4.78 is 26.6. The van der Waals surface area contributed by atoms with Crippen LogP contribution in [0.15, 0.2) is 48.5 Å². The molecule has 0 spiro atoms. The third-order valence-electron chi connectivity index (χ3n) is 4.26. The van der Waals surface area contributed by atoms with E-state index in [1.807, 2.05) is 18.2 Å². The minimum Gasteiger partial charge on any atom is -0.326 e. The molecular weight excluding hydrogens is 366 g/mol. The van der Waals surface area contributed by atoms with Crippen LogP contribution < -0.4 is 14.9 Å². The fraction of sp³-hybridized carbons (Fsp3) is 0.263. The highest BCUT2D eigenvalue weighted by Crippen LogP contribution is 2.30. The third-order valence-corrected chi connectivity index (χ3v) is 6.03. The van der Waals surface area contributed by atoms with Crippen molar-refractivity contribution in [2.24, 2.45) is 0 Å². The van der Waals surface area contributed by atoms with E-state index < -0.39 is 10.0 Å². The fourth-order valence-corrected chi connectivity index (χ4v) is 4.50. The first-order valence-corrected chi connectivity index (χ1v) is 10.2. The van der Waals surface area contributed by atoms with E-state index in [0.717, 1.165) is 5.56 Å². The van der Waals surface area contributed by atoms with Crippen LogP contribution in [0.5, 0.6) is 0 Å². The van der Waals surface area contributed by atoms with Crippen molar-refractivity contribution >= 4 is 38.9 Å². The van der Waals surface area contributed by atoms with Gasteiger partial charge in [-0.1, -0.05) is 18.2 Å². The summed E-state index contributed by atoms with van der Waals surface area (Å²) in [7, 11) is -3.56. The molecule has 7 nitrogen and oxygen atoms in total. The fourth-order valence-electron chi connectivity index (χ4n) is 2.99. The number of carbonyl (C=O) groups excluding carboxylic acids is 2. The van der Waals surface area contributed by atoms with E-state index >= 15 is 0 Å². The Kier molecular flexibility index (Phi) is 5.46. The van der Waals surface area contributed by atoms with E-state index in [-0.39, 0.29) is 24.0 Å². The number of para-hydroxylation sites is 1. The summed E-state index contributed by atoms with van der Waals surface area (Å²) in [5.41, 5.74) is 2.87. The summed E-state index contributed by atoms with van der Waals surface area (Å²) in [5, 5.41) is 5.30. The van der Waals surface area contributed by atoms with Crippen LogP contribution >= 0.6 is 0 Å². The Labute approximate surface area is 158 Å². The number of hydrogen-bond donors (Lipinski definition) is 2. The molecule has 1 aliphatic rings. The van der Waals surface area contributed by atoms with Crippen molar-refractivity contribution in [1.29, 1.82) is 0 Å². The Morgan fingerprint density at radius 2 is 1.63 bits per heavy atom. The molecule has 0 unspecified atom stereocenters. The van der Waals surface area contributed by atoms with Crippen LogP contribution in [-0.4, -0.2) is 32.5 Å². The quantitative estimate of drug-likeness (QED) is 0.795. The van der Waals surface area contributed by atoms with Gasteiger partial charge in [-0.3, -0.25) is 13.9 Å². The van der Waals surface area contributed by atoms with Crippen molar-refractivity contribution in [3.05, 3.63) is 54.1 Å². The van der Waals surface area contributed by atoms with Crippen LogP contribution in [-0.2, 0) is 26.0 Å². The third kappa shape index (κ3) is 4.65. The molecule has 0 saturated carbocycles. The summed E-state index contributed by atoms with van der Waals surface area (Å²) in [6.07, 6.45) is 0.552. The number of rotatable bonds is 6. The molecule has 0 aliphatic carbocycles. The zero-order chi connectivity index (χ0) is 19.4. The lowest BCUT2D eigenvalue weighted by atomic mass is 10.2. The van der Waals surface area contributed by atoms with Gasteiger partial charge in [0.2, 0.25) is 21.8 Å². The number of nitrogens with one attached hydrogen (secondary N) is 2. The first-order valence-electron chi connectivity index (χ1n) is 8.61. The first-order chi connectivity index (χ1) is 12.8. The zero-order valence-electron chi connectivity index (χ0n) is 14.9. The molecule has 2 aromatic carbocycles. The van der Waals surface area contributed by atoms with Gasteiger partial charge in [-0.05, 0) is 42.3 Å². The summed E-state index contributed by atoms with van der Waals surface area (Å²) in [5.74, 6) is -0.809. The highest BCUT2D eigenvalue weighted by molar-refractivity contribution is 7.92. The second kappa shape index (κ2) is 7.79. The van der Waals surface area contributed by atoms with Gasteiger partial charge in [-0.15, -0.1) is 0 Å². The molecule has 1 aliphatic heterocycles. The zero-order valence-corrected chi connectivity index (χ0v) is 15.8. The van der Waals surface area contributed by atoms with Gasteiger partial charge in [0.1, 0.15) is 0 Å². The van der Waals surface area contributed by atoms with Gasteiger partial charge in [0.05, 0.1) is 11.4 Å². The minimum atomic E-state index is -3.56. The first kappa shape index (κ1) is 18.9. The number of nitrogens with zero attached hydrogens (tertiary/aromatic N) is 1. The van der Waals surface area contributed by atoms with Gasteiger partial charge in [0, 0.05) is 31.3 Å². The lowest BCUT2D eigenvalue weighted by Gasteiger charge is -2.19. The SMILES string of the molecule is CC(=O)Nc1ccc(NC(=O)CCS(=O)(=O)N2CCc3ccccc32)cc1. The van der Waals surface area contributed by atoms with Gasteiger partial charge in [0.15, 0.2) is 0 Å². The highest BCUT2D eigenvalue weighted by Gasteiger charge is 2.29. The van der Waals surface area contributed by atoms with Crippen molar-refractivity contribution in [2.45, 2.75) is 19.8 Å². The second-order valence-electron chi connectivity index (χ2n) is 6.32. The minimum absolute atomic E-state index is 0.131. The summed E-state index contributed by atoms with van der Waals surface area (Å²) >= 11 is 0. The van der Waals surface area contributed by atoms with Crippen LogP contribution in [0, 0.1) is 0 Å². The predicted octanol–water partition coefficient (Wildman–Crippen LogP) is 2.37. The smallest absolute Gasteiger partial charge is 0.235 e. The number of carbonyl (C=O) groups is 2. The normalized spacial score (nSPS) is 13.1. The van der Waals surface area contributed by atoms with Crippen LogP contribution in [0.3, 0.4) is 0 Å². The monoisotopic (exact) mass is 387 g/mol. The average molecular weight is 387 g/mol. The van der Waals surface area contributed by atoms with Crippen molar-refractivity contribution in [3.63, 3.8) is 0 Å². The Morgan fingerprint density at radius 3 is 2.30 bits per heavy atom. The Hall–Kier alpha value is -2.87. The van der Waals surface area contributed by atoms with Gasteiger partial charge >= 0.3 is 0 Å². The lowest BCUT2D eigenvalue weighted by molar-refractivity contribution is -0.116. The highest BCUT2D eigenvalue weighted by atomic mass is 32.2. The van der Waals surface area contributed by atoms with E-state index in [1.165, 1.54) is 11.2 Å². The molecule has 8 heteroatoms. The van der Waals surface area contributed by atoms with E-state index in [2.05, 4.69) is 10.6 Å². The maximum atomic E-state index is 12.6. The molecule has 3 rings (SSSR count). The molecule has 0 bridgehead atoms. The Balaban J connectivity index is 1.56. The number of hydrogen-bond acceptors (Lipinski definition) is 4. The largest absolute Gasteiger partial charge is 0.326 e. The van der Waals surface area contributed by atoms with Gasteiger partial charge in [0.25, 0.3) is 0 Å². The predicted molar refractivity (Wildman–Crippen MR) is 105 cm³/mol. The number of sulfonamides is 1. The van der Waals surface area contributed by atoms with Crippen LogP contribution in [0.4, 0.5) is 17.1 Å². The van der Waals surface area contributed by atoms with E-state index in [9.17, 15) is 18.0 Å². The molecule has 0 atom stereocenters.